The van der Waals surface area contributed by atoms with Gasteiger partial charge in [-0.2, -0.15) is 0 Å². The first kappa shape index (κ1) is 11.0. The van der Waals surface area contributed by atoms with Crippen LogP contribution in [0.15, 0.2) is 0 Å². The molecule has 0 bridgehead atoms. The summed E-state index contributed by atoms with van der Waals surface area (Å²) in [6, 6.07) is 0.754. The van der Waals surface area contributed by atoms with Gasteiger partial charge in [0.05, 0.1) is 0 Å². The largest absolute Gasteiger partial charge is 0.330 e. The van der Waals surface area contributed by atoms with E-state index in [2.05, 4.69) is 25.8 Å². The molecule has 1 aliphatic carbocycles. The van der Waals surface area contributed by atoms with Crippen molar-refractivity contribution in [3.05, 3.63) is 0 Å². The number of nitrogens with zero attached hydrogens (tertiary/aromatic N) is 1. The molecule has 0 amide bonds. The van der Waals surface area contributed by atoms with Crippen molar-refractivity contribution in [1.29, 1.82) is 0 Å². The SMILES string of the molecule is CCC(CC)N(C)CC1(CN)CC1. The van der Waals surface area contributed by atoms with Crippen molar-refractivity contribution in [2.45, 2.75) is 45.6 Å². The van der Waals surface area contributed by atoms with Crippen LogP contribution in [0.2, 0.25) is 0 Å². The second-order valence-electron chi connectivity index (χ2n) is 4.59. The molecule has 1 rings (SSSR count). The van der Waals surface area contributed by atoms with Crippen molar-refractivity contribution in [3.8, 4) is 0 Å². The Hall–Kier alpha value is -0.0800. The zero-order valence-corrected chi connectivity index (χ0v) is 9.34. The van der Waals surface area contributed by atoms with Crippen LogP contribution in [0.3, 0.4) is 0 Å². The van der Waals surface area contributed by atoms with Crippen LogP contribution in [0.25, 0.3) is 0 Å². The molecule has 13 heavy (non-hydrogen) atoms. The summed E-state index contributed by atoms with van der Waals surface area (Å²) in [5, 5.41) is 0. The van der Waals surface area contributed by atoms with Crippen LogP contribution in [-0.2, 0) is 0 Å². The van der Waals surface area contributed by atoms with E-state index in [4.69, 9.17) is 5.73 Å². The second-order valence-corrected chi connectivity index (χ2v) is 4.59. The van der Waals surface area contributed by atoms with Gasteiger partial charge in [0, 0.05) is 12.6 Å². The van der Waals surface area contributed by atoms with Gasteiger partial charge in [-0.1, -0.05) is 13.8 Å². The normalized spacial score (nSPS) is 19.8. The fourth-order valence-corrected chi connectivity index (χ4v) is 2.17. The Morgan fingerprint density at radius 2 is 1.85 bits per heavy atom. The van der Waals surface area contributed by atoms with Gasteiger partial charge in [-0.05, 0) is 44.7 Å². The first-order valence-electron chi connectivity index (χ1n) is 5.57. The molecule has 0 unspecified atom stereocenters. The molecule has 0 aromatic rings. The molecule has 1 fully saturated rings. The second kappa shape index (κ2) is 4.43. The Kier molecular flexibility index (Phi) is 3.74. The molecule has 78 valence electrons. The van der Waals surface area contributed by atoms with Crippen LogP contribution in [0.1, 0.15) is 39.5 Å². The standard InChI is InChI=1S/C11H24N2/c1-4-10(5-2)13(3)9-11(8-12)6-7-11/h10H,4-9,12H2,1-3H3. The summed E-state index contributed by atoms with van der Waals surface area (Å²) in [7, 11) is 2.24. The van der Waals surface area contributed by atoms with Crippen LogP contribution in [0.5, 0.6) is 0 Å². The highest BCUT2D eigenvalue weighted by Gasteiger charge is 2.42. The lowest BCUT2D eigenvalue weighted by atomic mass is 10.0. The molecule has 1 saturated carbocycles. The Bertz CT molecular complexity index is 148. The molecule has 2 nitrogen and oxygen atoms in total. The van der Waals surface area contributed by atoms with Gasteiger partial charge in [-0.15, -0.1) is 0 Å². The average molecular weight is 184 g/mol. The van der Waals surface area contributed by atoms with E-state index in [9.17, 15) is 0 Å². The summed E-state index contributed by atoms with van der Waals surface area (Å²) in [5.41, 5.74) is 6.27. The van der Waals surface area contributed by atoms with Gasteiger partial charge in [-0.25, -0.2) is 0 Å². The van der Waals surface area contributed by atoms with Crippen molar-refractivity contribution in [2.75, 3.05) is 20.1 Å². The highest BCUT2D eigenvalue weighted by molar-refractivity contribution is 4.96. The molecule has 0 spiro atoms. The summed E-state index contributed by atoms with van der Waals surface area (Å²) < 4.78 is 0. The highest BCUT2D eigenvalue weighted by atomic mass is 15.1. The Labute approximate surface area is 82.5 Å². The van der Waals surface area contributed by atoms with Crippen LogP contribution in [-0.4, -0.2) is 31.1 Å². The van der Waals surface area contributed by atoms with Crippen molar-refractivity contribution in [1.82, 2.24) is 4.90 Å². The van der Waals surface area contributed by atoms with Gasteiger partial charge in [0.1, 0.15) is 0 Å². The summed E-state index contributed by atoms with van der Waals surface area (Å²) in [5.74, 6) is 0. The Morgan fingerprint density at radius 3 is 2.15 bits per heavy atom. The topological polar surface area (TPSA) is 29.3 Å². The Morgan fingerprint density at radius 1 is 1.31 bits per heavy atom. The van der Waals surface area contributed by atoms with Crippen molar-refractivity contribution in [2.24, 2.45) is 11.1 Å². The zero-order valence-electron chi connectivity index (χ0n) is 9.34. The van der Waals surface area contributed by atoms with Crippen molar-refractivity contribution in [3.63, 3.8) is 0 Å². The predicted octanol–water partition coefficient (Wildman–Crippen LogP) is 1.85. The first-order chi connectivity index (χ1) is 6.17. The maximum absolute atomic E-state index is 5.77. The van der Waals surface area contributed by atoms with E-state index in [0.29, 0.717) is 5.41 Å². The third-order valence-electron chi connectivity index (χ3n) is 3.54. The summed E-state index contributed by atoms with van der Waals surface area (Å²) >= 11 is 0. The van der Waals surface area contributed by atoms with Crippen molar-refractivity contribution >= 4 is 0 Å². The van der Waals surface area contributed by atoms with Crippen molar-refractivity contribution < 1.29 is 0 Å². The van der Waals surface area contributed by atoms with E-state index < -0.39 is 0 Å². The molecule has 0 radical (unpaired) electrons. The maximum atomic E-state index is 5.77. The van der Waals surface area contributed by atoms with E-state index >= 15 is 0 Å². The van der Waals surface area contributed by atoms with Crippen LogP contribution in [0.4, 0.5) is 0 Å². The third kappa shape index (κ3) is 2.68. The minimum absolute atomic E-state index is 0.497. The molecule has 2 N–H and O–H groups in total. The van der Waals surface area contributed by atoms with Gasteiger partial charge in [-0.3, -0.25) is 0 Å². The minimum atomic E-state index is 0.497. The minimum Gasteiger partial charge on any atom is -0.330 e. The van der Waals surface area contributed by atoms with Gasteiger partial charge in [0.2, 0.25) is 0 Å². The molecule has 1 aliphatic rings. The van der Waals surface area contributed by atoms with E-state index in [1.807, 2.05) is 0 Å². The number of hydrogen-bond donors (Lipinski definition) is 1. The molecule has 0 atom stereocenters. The average Bonchev–Trinajstić information content (AvgIpc) is 2.88. The lowest BCUT2D eigenvalue weighted by Gasteiger charge is -2.29. The summed E-state index contributed by atoms with van der Waals surface area (Å²) in [6.45, 7) is 6.62. The quantitative estimate of drug-likeness (QED) is 0.682. The number of hydrogen-bond acceptors (Lipinski definition) is 2. The van der Waals surface area contributed by atoms with E-state index in [1.54, 1.807) is 0 Å². The van der Waals surface area contributed by atoms with Gasteiger partial charge >= 0.3 is 0 Å². The monoisotopic (exact) mass is 184 g/mol. The molecular weight excluding hydrogens is 160 g/mol. The fraction of sp³-hybridized carbons (Fsp3) is 1.00. The molecule has 0 aromatic carbocycles. The van der Waals surface area contributed by atoms with Gasteiger partial charge in [0.15, 0.2) is 0 Å². The van der Waals surface area contributed by atoms with Gasteiger partial charge in [0.25, 0.3) is 0 Å². The van der Waals surface area contributed by atoms with Gasteiger partial charge < -0.3 is 10.6 Å². The highest BCUT2D eigenvalue weighted by Crippen LogP contribution is 2.45. The van der Waals surface area contributed by atoms with Crippen LogP contribution in [0, 0.1) is 5.41 Å². The molecule has 0 aliphatic heterocycles. The smallest absolute Gasteiger partial charge is 0.00872 e. The number of nitrogens with two attached hydrogens (primary N) is 1. The third-order valence-corrected chi connectivity index (χ3v) is 3.54. The zero-order chi connectivity index (χ0) is 9.90. The fourth-order valence-electron chi connectivity index (χ4n) is 2.17. The molecule has 0 heterocycles. The van der Waals surface area contributed by atoms with Crippen LogP contribution < -0.4 is 5.73 Å². The molecule has 0 saturated heterocycles. The molecular formula is C11H24N2. The molecule has 2 heteroatoms. The van der Waals surface area contributed by atoms with Crippen LogP contribution >= 0.6 is 0 Å². The Balaban J connectivity index is 2.35. The first-order valence-corrected chi connectivity index (χ1v) is 5.57. The lowest BCUT2D eigenvalue weighted by Crippen LogP contribution is -2.38. The predicted molar refractivity (Wildman–Crippen MR) is 57.7 cm³/mol. The maximum Gasteiger partial charge on any atom is 0.00872 e. The van der Waals surface area contributed by atoms with E-state index in [0.717, 1.165) is 12.6 Å². The lowest BCUT2D eigenvalue weighted by molar-refractivity contribution is 0.189. The van der Waals surface area contributed by atoms with E-state index in [-0.39, 0.29) is 0 Å². The summed E-state index contributed by atoms with van der Waals surface area (Å²) in [4.78, 5) is 2.50. The van der Waals surface area contributed by atoms with E-state index in [1.165, 1.54) is 32.2 Å². The summed E-state index contributed by atoms with van der Waals surface area (Å²) in [6.07, 6.45) is 5.20. The number of rotatable bonds is 6. The molecule has 0 aromatic heterocycles.